The van der Waals surface area contributed by atoms with Crippen molar-refractivity contribution in [1.29, 1.82) is 0 Å². The van der Waals surface area contributed by atoms with Crippen LogP contribution in [-0.2, 0) is 6.54 Å². The molecule has 3 heterocycles. The standard InChI is InChI=1S/C28H27ClN6O/c1-20-5-6-22(16-21(20)7-10-25-19-35-27(31-25)4-3-11-30-35)28(36)32-24-9-8-23(26(29)17-24)18-34-14-12-33(2)13-15-34/h3-6,8-9,11,16-17,19H,12-15,18H2,1-2H3,(H,32,36). The van der Waals surface area contributed by atoms with E-state index in [-0.39, 0.29) is 5.91 Å². The maximum absolute atomic E-state index is 13.0. The third-order valence-corrected chi connectivity index (χ3v) is 6.71. The molecule has 7 nitrogen and oxygen atoms in total. The molecule has 2 aromatic heterocycles. The van der Waals surface area contributed by atoms with Gasteiger partial charge in [-0.25, -0.2) is 9.50 Å². The molecule has 0 atom stereocenters. The summed E-state index contributed by atoms with van der Waals surface area (Å²) in [6.45, 7) is 6.95. The van der Waals surface area contributed by atoms with Gasteiger partial charge in [0.05, 0.1) is 6.20 Å². The molecule has 0 saturated carbocycles. The minimum Gasteiger partial charge on any atom is -0.322 e. The molecule has 2 aromatic carbocycles. The number of benzene rings is 2. The second-order valence-corrected chi connectivity index (χ2v) is 9.48. The number of hydrogen-bond donors (Lipinski definition) is 1. The highest BCUT2D eigenvalue weighted by Crippen LogP contribution is 2.23. The summed E-state index contributed by atoms with van der Waals surface area (Å²) in [6.07, 6.45) is 3.48. The third kappa shape index (κ3) is 5.58. The summed E-state index contributed by atoms with van der Waals surface area (Å²) in [6, 6.07) is 14.9. The number of likely N-dealkylation sites (N-methyl/N-ethyl adjacent to an activating group) is 1. The number of aromatic nitrogens is 3. The summed E-state index contributed by atoms with van der Waals surface area (Å²) in [5.41, 5.74) is 5.37. The lowest BCUT2D eigenvalue weighted by Gasteiger charge is -2.32. The van der Waals surface area contributed by atoms with Crippen LogP contribution in [0.1, 0.15) is 32.7 Å². The highest BCUT2D eigenvalue weighted by Gasteiger charge is 2.16. The largest absolute Gasteiger partial charge is 0.322 e. The van der Waals surface area contributed by atoms with Gasteiger partial charge < -0.3 is 10.2 Å². The smallest absolute Gasteiger partial charge is 0.255 e. The van der Waals surface area contributed by atoms with Gasteiger partial charge >= 0.3 is 0 Å². The molecule has 1 fully saturated rings. The molecule has 1 saturated heterocycles. The third-order valence-electron chi connectivity index (χ3n) is 6.36. The highest BCUT2D eigenvalue weighted by molar-refractivity contribution is 6.31. The molecule has 1 aliphatic heterocycles. The lowest BCUT2D eigenvalue weighted by molar-refractivity contribution is 0.102. The fourth-order valence-corrected chi connectivity index (χ4v) is 4.36. The Morgan fingerprint density at radius 3 is 2.69 bits per heavy atom. The monoisotopic (exact) mass is 498 g/mol. The summed E-state index contributed by atoms with van der Waals surface area (Å²) >= 11 is 6.56. The Labute approximate surface area is 215 Å². The quantitative estimate of drug-likeness (QED) is 0.429. The van der Waals surface area contributed by atoms with Crippen molar-refractivity contribution in [2.45, 2.75) is 13.5 Å². The van der Waals surface area contributed by atoms with Gasteiger partial charge in [0.1, 0.15) is 5.69 Å². The minimum atomic E-state index is -0.210. The Hall–Kier alpha value is -3.70. The van der Waals surface area contributed by atoms with Crippen molar-refractivity contribution in [1.82, 2.24) is 24.4 Å². The molecule has 0 bridgehead atoms. The summed E-state index contributed by atoms with van der Waals surface area (Å²) in [7, 11) is 2.14. The molecule has 36 heavy (non-hydrogen) atoms. The second-order valence-electron chi connectivity index (χ2n) is 9.07. The maximum Gasteiger partial charge on any atom is 0.255 e. The average Bonchev–Trinajstić information content (AvgIpc) is 3.29. The number of imidazole rings is 1. The lowest BCUT2D eigenvalue weighted by Crippen LogP contribution is -2.43. The number of carbonyl (C=O) groups excluding carboxylic acids is 1. The van der Waals surface area contributed by atoms with E-state index in [9.17, 15) is 4.79 Å². The second kappa shape index (κ2) is 10.5. The molecule has 0 aliphatic carbocycles. The van der Waals surface area contributed by atoms with Crippen molar-refractivity contribution in [2.75, 3.05) is 38.5 Å². The van der Waals surface area contributed by atoms with Crippen LogP contribution in [0.4, 0.5) is 5.69 Å². The Balaban J connectivity index is 1.28. The molecule has 0 unspecified atom stereocenters. The van der Waals surface area contributed by atoms with Crippen molar-refractivity contribution in [3.05, 3.63) is 93.9 Å². The van der Waals surface area contributed by atoms with Crippen LogP contribution in [-0.4, -0.2) is 63.5 Å². The molecule has 1 N–H and O–H groups in total. The molecular weight excluding hydrogens is 472 g/mol. The van der Waals surface area contributed by atoms with Crippen LogP contribution in [0.15, 0.2) is 60.9 Å². The summed E-state index contributed by atoms with van der Waals surface area (Å²) < 4.78 is 1.68. The predicted octanol–water partition coefficient (Wildman–Crippen LogP) is 4.09. The number of hydrogen-bond acceptors (Lipinski definition) is 5. The van der Waals surface area contributed by atoms with Crippen LogP contribution in [0.3, 0.4) is 0 Å². The SMILES string of the molecule is Cc1ccc(C(=O)Nc2ccc(CN3CCN(C)CC3)c(Cl)c2)cc1C#Cc1cn2ncccc2n1. The molecule has 4 aromatic rings. The molecule has 182 valence electrons. The van der Waals surface area contributed by atoms with Crippen LogP contribution in [0.5, 0.6) is 0 Å². The van der Waals surface area contributed by atoms with Crippen molar-refractivity contribution < 1.29 is 4.79 Å². The normalized spacial score (nSPS) is 14.4. The maximum atomic E-state index is 13.0. The number of nitrogens with zero attached hydrogens (tertiary/aromatic N) is 5. The van der Waals surface area contributed by atoms with Gasteiger partial charge in [-0.3, -0.25) is 9.69 Å². The fraction of sp³-hybridized carbons (Fsp3) is 0.250. The number of piperazine rings is 1. The lowest BCUT2D eigenvalue weighted by atomic mass is 10.0. The van der Waals surface area contributed by atoms with Gasteiger partial charge in [0.25, 0.3) is 5.91 Å². The fourth-order valence-electron chi connectivity index (χ4n) is 4.12. The first-order chi connectivity index (χ1) is 17.4. The molecule has 1 aliphatic rings. The Kier molecular flexibility index (Phi) is 7.01. The number of fused-ring (bicyclic) bond motifs is 1. The van der Waals surface area contributed by atoms with Gasteiger partial charge in [0, 0.05) is 60.8 Å². The van der Waals surface area contributed by atoms with E-state index in [1.807, 2.05) is 43.3 Å². The first-order valence-corrected chi connectivity index (χ1v) is 12.3. The first kappa shape index (κ1) is 24.0. The topological polar surface area (TPSA) is 65.8 Å². The van der Waals surface area contributed by atoms with E-state index in [1.54, 1.807) is 29.0 Å². The van der Waals surface area contributed by atoms with Crippen molar-refractivity contribution in [3.63, 3.8) is 0 Å². The van der Waals surface area contributed by atoms with Crippen LogP contribution in [0, 0.1) is 18.8 Å². The predicted molar refractivity (Wildman–Crippen MR) is 142 cm³/mol. The molecule has 5 rings (SSSR count). The van der Waals surface area contributed by atoms with E-state index < -0.39 is 0 Å². The number of rotatable bonds is 4. The van der Waals surface area contributed by atoms with E-state index in [4.69, 9.17) is 11.6 Å². The number of halogens is 1. The Morgan fingerprint density at radius 2 is 1.92 bits per heavy atom. The first-order valence-electron chi connectivity index (χ1n) is 11.9. The summed E-state index contributed by atoms with van der Waals surface area (Å²) in [5.74, 6) is 6.01. The van der Waals surface area contributed by atoms with E-state index in [1.165, 1.54) is 0 Å². The van der Waals surface area contributed by atoms with E-state index in [0.717, 1.165) is 55.1 Å². The number of anilines is 1. The zero-order chi connectivity index (χ0) is 25.1. The molecule has 0 radical (unpaired) electrons. The summed E-state index contributed by atoms with van der Waals surface area (Å²) in [5, 5.41) is 7.83. The van der Waals surface area contributed by atoms with Crippen LogP contribution < -0.4 is 5.32 Å². The van der Waals surface area contributed by atoms with Crippen molar-refractivity contribution in [2.24, 2.45) is 0 Å². The Bertz CT molecular complexity index is 1440. The number of amides is 1. The number of carbonyl (C=O) groups is 1. The van der Waals surface area contributed by atoms with Gasteiger partial charge in [-0.1, -0.05) is 29.7 Å². The van der Waals surface area contributed by atoms with Crippen molar-refractivity contribution >= 4 is 28.8 Å². The number of aryl methyl sites for hydroxylation is 1. The van der Waals surface area contributed by atoms with Crippen LogP contribution in [0.2, 0.25) is 5.02 Å². The van der Waals surface area contributed by atoms with Gasteiger partial charge in [-0.2, -0.15) is 5.10 Å². The van der Waals surface area contributed by atoms with E-state index in [2.05, 4.69) is 44.1 Å². The van der Waals surface area contributed by atoms with Gasteiger partial charge in [-0.05, 0) is 67.4 Å². The van der Waals surface area contributed by atoms with Crippen LogP contribution >= 0.6 is 11.6 Å². The van der Waals surface area contributed by atoms with E-state index in [0.29, 0.717) is 22.0 Å². The molecule has 8 heteroatoms. The molecule has 0 spiro atoms. The summed E-state index contributed by atoms with van der Waals surface area (Å²) in [4.78, 5) is 22.2. The van der Waals surface area contributed by atoms with Crippen molar-refractivity contribution in [3.8, 4) is 11.8 Å². The molecular formula is C28H27ClN6O. The molecule has 1 amide bonds. The Morgan fingerprint density at radius 1 is 1.08 bits per heavy atom. The average molecular weight is 499 g/mol. The van der Waals surface area contributed by atoms with Gasteiger partial charge in [-0.15, -0.1) is 0 Å². The highest BCUT2D eigenvalue weighted by atomic mass is 35.5. The number of nitrogens with one attached hydrogen (secondary N) is 1. The zero-order valence-corrected chi connectivity index (χ0v) is 21.1. The minimum absolute atomic E-state index is 0.210. The van der Waals surface area contributed by atoms with Crippen LogP contribution in [0.25, 0.3) is 5.65 Å². The zero-order valence-electron chi connectivity index (χ0n) is 20.3. The van der Waals surface area contributed by atoms with Gasteiger partial charge in [0.15, 0.2) is 5.65 Å². The van der Waals surface area contributed by atoms with E-state index >= 15 is 0 Å². The van der Waals surface area contributed by atoms with Gasteiger partial charge in [0.2, 0.25) is 0 Å².